The average Bonchev–Trinajstić information content (AvgIpc) is 2.15. The molecule has 0 fully saturated rings. The quantitative estimate of drug-likeness (QED) is 0.788. The largest absolute Gasteiger partial charge is 0.398 e. The highest BCUT2D eigenvalue weighted by Gasteiger charge is 2.22. The molecule has 78 valence electrons. The van der Waals surface area contributed by atoms with Crippen molar-refractivity contribution in [3.8, 4) is 6.07 Å². The summed E-state index contributed by atoms with van der Waals surface area (Å²) in [5.41, 5.74) is 3.32. The van der Waals surface area contributed by atoms with E-state index in [2.05, 4.69) is 4.98 Å². The van der Waals surface area contributed by atoms with Gasteiger partial charge in [-0.05, 0) is 17.7 Å². The monoisotopic (exact) mass is 231 g/mol. The Morgan fingerprint density at radius 2 is 2.27 bits per heavy atom. The topological polar surface area (TPSA) is 79.8 Å². The van der Waals surface area contributed by atoms with E-state index < -0.39 is 22.9 Å². The molecule has 0 atom stereocenters. The minimum Gasteiger partial charge on any atom is -0.398 e. The van der Waals surface area contributed by atoms with Gasteiger partial charge in [-0.2, -0.15) is 5.26 Å². The third kappa shape index (κ3) is 2.19. The van der Waals surface area contributed by atoms with Crippen LogP contribution in [0.15, 0.2) is 6.07 Å². The number of nitrogen functional groups attached to an aromatic ring is 1. The van der Waals surface area contributed by atoms with Crippen LogP contribution in [0.1, 0.15) is 28.2 Å². The van der Waals surface area contributed by atoms with Crippen molar-refractivity contribution in [2.24, 2.45) is 0 Å². The maximum Gasteiger partial charge on any atom is 0.281 e. The van der Waals surface area contributed by atoms with Gasteiger partial charge in [-0.3, -0.25) is 4.79 Å². The smallest absolute Gasteiger partial charge is 0.281 e. The highest BCUT2D eigenvalue weighted by Crippen LogP contribution is 2.27. The second-order valence-electron chi connectivity index (χ2n) is 2.54. The molecule has 2 N–H and O–H groups in total. The van der Waals surface area contributed by atoms with Gasteiger partial charge >= 0.3 is 0 Å². The number of halogens is 3. The summed E-state index contributed by atoms with van der Waals surface area (Å²) in [7, 11) is 0. The van der Waals surface area contributed by atoms with E-state index >= 15 is 0 Å². The van der Waals surface area contributed by atoms with Crippen molar-refractivity contribution >= 4 is 22.5 Å². The van der Waals surface area contributed by atoms with E-state index in [1.54, 1.807) is 6.07 Å². The number of pyridine rings is 1. The number of nitrogens with zero attached hydrogens (tertiary/aromatic N) is 2. The lowest BCUT2D eigenvalue weighted by atomic mass is 10.1. The van der Waals surface area contributed by atoms with Crippen molar-refractivity contribution in [1.82, 2.24) is 4.98 Å². The minimum absolute atomic E-state index is 0.281. The Labute approximate surface area is 88.3 Å². The van der Waals surface area contributed by atoms with Crippen LogP contribution >= 0.6 is 11.6 Å². The second kappa shape index (κ2) is 4.19. The molecule has 7 heteroatoms. The van der Waals surface area contributed by atoms with E-state index in [0.717, 1.165) is 6.07 Å². The van der Waals surface area contributed by atoms with E-state index in [4.69, 9.17) is 22.6 Å². The third-order valence-corrected chi connectivity index (χ3v) is 1.78. The molecular formula is C8H4ClF2N3O. The molecule has 0 aliphatic carbocycles. The number of nitrogens with two attached hydrogens (primary N) is 1. The number of hydrogen-bond donors (Lipinski definition) is 1. The summed E-state index contributed by atoms with van der Waals surface area (Å²) >= 11 is 5.08. The summed E-state index contributed by atoms with van der Waals surface area (Å²) in [6, 6.07) is 2.57. The van der Waals surface area contributed by atoms with Crippen molar-refractivity contribution in [3.05, 3.63) is 23.0 Å². The first-order valence-electron chi connectivity index (χ1n) is 3.66. The molecule has 0 saturated heterocycles. The fourth-order valence-electron chi connectivity index (χ4n) is 1.01. The standard InChI is InChI=1S/C8H4ClF2N3O/c9-7(15)5-4(13)1-3(2-12)14-6(5)8(10)11/h1,8H,(H2,13,14). The number of alkyl halides is 2. The highest BCUT2D eigenvalue weighted by atomic mass is 35.5. The van der Waals surface area contributed by atoms with Crippen molar-refractivity contribution in [3.63, 3.8) is 0 Å². The van der Waals surface area contributed by atoms with E-state index in [0.29, 0.717) is 0 Å². The van der Waals surface area contributed by atoms with Crippen LogP contribution in [-0.2, 0) is 0 Å². The lowest BCUT2D eigenvalue weighted by Crippen LogP contribution is -2.08. The van der Waals surface area contributed by atoms with Gasteiger partial charge in [0.05, 0.1) is 5.56 Å². The molecule has 1 heterocycles. The Bertz CT molecular complexity index is 456. The molecule has 0 spiro atoms. The van der Waals surface area contributed by atoms with Crippen LogP contribution in [0.5, 0.6) is 0 Å². The molecule has 0 aliphatic heterocycles. The zero-order valence-electron chi connectivity index (χ0n) is 7.17. The summed E-state index contributed by atoms with van der Waals surface area (Å²) in [5.74, 6) is 0. The van der Waals surface area contributed by atoms with Crippen molar-refractivity contribution in [2.45, 2.75) is 6.43 Å². The van der Waals surface area contributed by atoms with Gasteiger partial charge in [-0.15, -0.1) is 0 Å². The first-order valence-corrected chi connectivity index (χ1v) is 4.03. The maximum absolute atomic E-state index is 12.4. The predicted octanol–water partition coefficient (Wildman–Crippen LogP) is 1.85. The molecule has 0 aromatic carbocycles. The first-order chi connectivity index (χ1) is 6.97. The zero-order chi connectivity index (χ0) is 11.6. The van der Waals surface area contributed by atoms with Crippen LogP contribution < -0.4 is 5.73 Å². The number of hydrogen-bond acceptors (Lipinski definition) is 4. The molecular weight excluding hydrogens is 228 g/mol. The van der Waals surface area contributed by atoms with Crippen molar-refractivity contribution in [1.29, 1.82) is 5.26 Å². The van der Waals surface area contributed by atoms with Crippen LogP contribution in [-0.4, -0.2) is 10.2 Å². The van der Waals surface area contributed by atoms with Crippen LogP contribution in [0.25, 0.3) is 0 Å². The van der Waals surface area contributed by atoms with E-state index in [1.807, 2.05) is 0 Å². The summed E-state index contributed by atoms with van der Waals surface area (Å²) in [4.78, 5) is 14.1. The lowest BCUT2D eigenvalue weighted by molar-refractivity contribution is 0.106. The van der Waals surface area contributed by atoms with Gasteiger partial charge in [-0.1, -0.05) is 0 Å². The molecule has 0 bridgehead atoms. The molecule has 0 unspecified atom stereocenters. The molecule has 0 saturated carbocycles. The number of rotatable bonds is 2. The minimum atomic E-state index is -3.02. The van der Waals surface area contributed by atoms with Crippen LogP contribution in [0.3, 0.4) is 0 Å². The van der Waals surface area contributed by atoms with Gasteiger partial charge in [0, 0.05) is 5.69 Å². The fraction of sp³-hybridized carbons (Fsp3) is 0.125. The van der Waals surface area contributed by atoms with Gasteiger partial charge in [0.2, 0.25) is 0 Å². The molecule has 1 aromatic rings. The normalized spacial score (nSPS) is 10.1. The van der Waals surface area contributed by atoms with Crippen molar-refractivity contribution in [2.75, 3.05) is 5.73 Å². The lowest BCUT2D eigenvalue weighted by Gasteiger charge is -2.07. The van der Waals surface area contributed by atoms with Crippen molar-refractivity contribution < 1.29 is 13.6 Å². The Morgan fingerprint density at radius 1 is 1.67 bits per heavy atom. The van der Waals surface area contributed by atoms with E-state index in [1.165, 1.54) is 0 Å². The van der Waals surface area contributed by atoms with Crippen LogP contribution in [0, 0.1) is 11.3 Å². The Balaban J connectivity index is 3.51. The average molecular weight is 232 g/mol. The predicted molar refractivity (Wildman–Crippen MR) is 48.5 cm³/mol. The number of carbonyl (C=O) groups excluding carboxylic acids is 1. The molecule has 1 aromatic heterocycles. The summed E-state index contributed by atoms with van der Waals surface area (Å²) < 4.78 is 24.9. The Morgan fingerprint density at radius 3 is 2.67 bits per heavy atom. The summed E-state index contributed by atoms with van der Waals surface area (Å²) in [6.07, 6.45) is -3.02. The van der Waals surface area contributed by atoms with Gasteiger partial charge in [0.1, 0.15) is 17.5 Å². The SMILES string of the molecule is N#Cc1cc(N)c(C(=O)Cl)c(C(F)F)n1. The number of carbonyl (C=O) groups is 1. The van der Waals surface area contributed by atoms with Gasteiger partial charge in [0.15, 0.2) is 0 Å². The molecule has 0 amide bonds. The number of anilines is 1. The van der Waals surface area contributed by atoms with Gasteiger partial charge in [-0.25, -0.2) is 13.8 Å². The maximum atomic E-state index is 12.4. The van der Waals surface area contributed by atoms with E-state index in [9.17, 15) is 13.6 Å². The summed E-state index contributed by atoms with van der Waals surface area (Å²) in [5, 5.41) is 7.34. The number of aromatic nitrogens is 1. The van der Waals surface area contributed by atoms with Gasteiger partial charge in [0.25, 0.3) is 11.7 Å². The molecule has 0 aliphatic rings. The molecule has 1 rings (SSSR count). The first kappa shape index (κ1) is 11.3. The Kier molecular flexibility index (Phi) is 3.17. The van der Waals surface area contributed by atoms with Crippen LogP contribution in [0.4, 0.5) is 14.5 Å². The molecule has 0 radical (unpaired) electrons. The van der Waals surface area contributed by atoms with E-state index in [-0.39, 0.29) is 11.4 Å². The molecule has 15 heavy (non-hydrogen) atoms. The van der Waals surface area contributed by atoms with Gasteiger partial charge < -0.3 is 5.73 Å². The second-order valence-corrected chi connectivity index (χ2v) is 2.89. The highest BCUT2D eigenvalue weighted by molar-refractivity contribution is 6.68. The third-order valence-electron chi connectivity index (χ3n) is 1.60. The Hall–Kier alpha value is -1.74. The summed E-state index contributed by atoms with van der Waals surface area (Å²) in [6.45, 7) is 0. The fourth-order valence-corrected chi connectivity index (χ4v) is 1.22. The van der Waals surface area contributed by atoms with Crippen LogP contribution in [0.2, 0.25) is 0 Å². The number of nitriles is 1. The zero-order valence-corrected chi connectivity index (χ0v) is 7.92. The molecule has 4 nitrogen and oxygen atoms in total.